The number of anilines is 3. The predicted octanol–water partition coefficient (Wildman–Crippen LogP) is 4.44. The van der Waals surface area contributed by atoms with Crippen LogP contribution in [0.3, 0.4) is 0 Å². The molecule has 0 bridgehead atoms. The van der Waals surface area contributed by atoms with Gasteiger partial charge in [0.05, 0.1) is 12.8 Å². The minimum Gasteiger partial charge on any atom is -0.497 e. The van der Waals surface area contributed by atoms with Crippen LogP contribution in [0.4, 0.5) is 17.5 Å². The predicted molar refractivity (Wildman–Crippen MR) is 97.9 cm³/mol. The minimum atomic E-state index is 0.200. The topological polar surface area (TPSA) is 73.1 Å². The average Bonchev–Trinajstić information content (AvgIpc) is 2.57. The van der Waals surface area contributed by atoms with Crippen LogP contribution in [-0.2, 0) is 0 Å². The summed E-state index contributed by atoms with van der Waals surface area (Å²) in [5.74, 6) is 1.58. The molecule has 0 fully saturated rings. The van der Waals surface area contributed by atoms with Crippen molar-refractivity contribution in [2.75, 3.05) is 18.2 Å². The van der Waals surface area contributed by atoms with Crippen molar-refractivity contribution in [1.29, 1.82) is 0 Å². The third-order valence-electron chi connectivity index (χ3n) is 3.58. The fourth-order valence-corrected chi connectivity index (χ4v) is 2.48. The van der Waals surface area contributed by atoms with Gasteiger partial charge >= 0.3 is 0 Å². The van der Waals surface area contributed by atoms with Crippen molar-refractivity contribution in [2.45, 2.75) is 6.92 Å². The van der Waals surface area contributed by atoms with Crippen molar-refractivity contribution in [3.63, 3.8) is 0 Å². The van der Waals surface area contributed by atoms with E-state index in [1.165, 1.54) is 0 Å². The van der Waals surface area contributed by atoms with E-state index in [1.807, 2.05) is 55.5 Å². The maximum atomic E-state index is 5.91. The number of benzene rings is 2. The molecule has 5 nitrogen and oxygen atoms in total. The maximum Gasteiger partial charge on any atom is 0.222 e. The molecule has 0 aliphatic heterocycles. The van der Waals surface area contributed by atoms with Crippen molar-refractivity contribution in [1.82, 2.24) is 9.97 Å². The van der Waals surface area contributed by atoms with Gasteiger partial charge in [0.25, 0.3) is 0 Å². The van der Waals surface area contributed by atoms with Gasteiger partial charge in [-0.15, -0.1) is 0 Å². The highest BCUT2D eigenvalue weighted by Crippen LogP contribution is 2.29. The molecule has 24 heavy (non-hydrogen) atoms. The summed E-state index contributed by atoms with van der Waals surface area (Å²) in [6.07, 6.45) is 0. The van der Waals surface area contributed by atoms with Crippen LogP contribution in [0.15, 0.2) is 48.5 Å². The molecule has 3 rings (SSSR count). The summed E-state index contributed by atoms with van der Waals surface area (Å²) in [6, 6.07) is 15.0. The minimum absolute atomic E-state index is 0.200. The molecule has 0 atom stereocenters. The van der Waals surface area contributed by atoms with Crippen LogP contribution in [0, 0.1) is 6.92 Å². The number of methoxy groups -OCH3 is 1. The fraction of sp³-hybridized carbons (Fsp3) is 0.111. The normalized spacial score (nSPS) is 10.5. The Hall–Kier alpha value is -2.79. The molecule has 0 radical (unpaired) electrons. The van der Waals surface area contributed by atoms with Gasteiger partial charge in [-0.25, -0.2) is 4.98 Å². The summed E-state index contributed by atoms with van der Waals surface area (Å²) >= 11 is 5.91. The molecule has 3 aromatic rings. The van der Waals surface area contributed by atoms with E-state index in [2.05, 4.69) is 15.3 Å². The molecule has 2 aromatic carbocycles. The Morgan fingerprint density at radius 3 is 2.50 bits per heavy atom. The molecule has 0 unspecified atom stereocenters. The smallest absolute Gasteiger partial charge is 0.222 e. The Kier molecular flexibility index (Phi) is 4.53. The van der Waals surface area contributed by atoms with E-state index in [1.54, 1.807) is 7.11 Å². The highest BCUT2D eigenvalue weighted by Gasteiger charge is 2.09. The second-order valence-electron chi connectivity index (χ2n) is 5.31. The summed E-state index contributed by atoms with van der Waals surface area (Å²) in [5, 5.41) is 3.89. The van der Waals surface area contributed by atoms with E-state index in [4.69, 9.17) is 22.1 Å². The Labute approximate surface area is 145 Å². The van der Waals surface area contributed by atoms with Crippen molar-refractivity contribution in [2.24, 2.45) is 0 Å². The third-order valence-corrected chi connectivity index (χ3v) is 3.83. The van der Waals surface area contributed by atoms with Gasteiger partial charge in [-0.2, -0.15) is 4.98 Å². The van der Waals surface area contributed by atoms with Gasteiger partial charge in [0.1, 0.15) is 11.6 Å². The molecule has 0 saturated heterocycles. The first-order chi connectivity index (χ1) is 11.5. The van der Waals surface area contributed by atoms with Gasteiger partial charge in [-0.05, 0) is 48.9 Å². The van der Waals surface area contributed by atoms with E-state index < -0.39 is 0 Å². The molecule has 0 amide bonds. The second kappa shape index (κ2) is 6.76. The van der Waals surface area contributed by atoms with Crippen LogP contribution < -0.4 is 15.8 Å². The lowest BCUT2D eigenvalue weighted by Crippen LogP contribution is -2.02. The zero-order valence-electron chi connectivity index (χ0n) is 13.4. The van der Waals surface area contributed by atoms with Crippen LogP contribution in [0.5, 0.6) is 5.75 Å². The number of halogens is 1. The van der Waals surface area contributed by atoms with Crippen LogP contribution >= 0.6 is 11.6 Å². The lowest BCUT2D eigenvalue weighted by Gasteiger charge is -2.11. The number of ether oxygens (including phenoxy) is 1. The Morgan fingerprint density at radius 1 is 1.04 bits per heavy atom. The standard InChI is InChI=1S/C18H17ClN4O/c1-11-3-8-14(24-2)9-15(11)16-10-17(23-18(20)22-16)21-13-6-4-12(19)5-7-13/h3-10H,1-2H3,(H3,20,21,22,23). The zero-order valence-corrected chi connectivity index (χ0v) is 14.1. The molecule has 0 aliphatic rings. The molecule has 122 valence electrons. The first-order valence-corrected chi connectivity index (χ1v) is 7.75. The first-order valence-electron chi connectivity index (χ1n) is 7.37. The number of aryl methyl sites for hydroxylation is 1. The van der Waals surface area contributed by atoms with E-state index in [-0.39, 0.29) is 5.95 Å². The van der Waals surface area contributed by atoms with Crippen molar-refractivity contribution < 1.29 is 4.74 Å². The molecule has 1 aromatic heterocycles. The molecule has 6 heteroatoms. The summed E-state index contributed by atoms with van der Waals surface area (Å²) in [4.78, 5) is 8.59. The number of nitrogen functional groups attached to an aromatic ring is 1. The fourth-order valence-electron chi connectivity index (χ4n) is 2.35. The van der Waals surface area contributed by atoms with E-state index in [0.717, 1.165) is 28.3 Å². The number of nitrogens with one attached hydrogen (secondary N) is 1. The molecular formula is C18H17ClN4O. The second-order valence-corrected chi connectivity index (χ2v) is 5.75. The van der Waals surface area contributed by atoms with Crippen molar-refractivity contribution in [3.8, 4) is 17.0 Å². The van der Waals surface area contributed by atoms with Gasteiger partial charge in [-0.3, -0.25) is 0 Å². The van der Waals surface area contributed by atoms with E-state index >= 15 is 0 Å². The number of hydrogen-bond acceptors (Lipinski definition) is 5. The summed E-state index contributed by atoms with van der Waals surface area (Å²) < 4.78 is 5.30. The monoisotopic (exact) mass is 340 g/mol. The lowest BCUT2D eigenvalue weighted by atomic mass is 10.0. The highest BCUT2D eigenvalue weighted by molar-refractivity contribution is 6.30. The largest absolute Gasteiger partial charge is 0.497 e. The Morgan fingerprint density at radius 2 is 1.79 bits per heavy atom. The molecule has 0 saturated carbocycles. The third kappa shape index (κ3) is 3.58. The summed E-state index contributed by atoms with van der Waals surface area (Å²) in [6.45, 7) is 2.01. The van der Waals surface area contributed by atoms with Crippen molar-refractivity contribution in [3.05, 3.63) is 59.1 Å². The number of rotatable bonds is 4. The summed E-state index contributed by atoms with van der Waals surface area (Å²) in [7, 11) is 1.64. The van der Waals surface area contributed by atoms with Crippen molar-refractivity contribution >= 4 is 29.1 Å². The van der Waals surface area contributed by atoms with E-state index in [9.17, 15) is 0 Å². The zero-order chi connectivity index (χ0) is 17.1. The van der Waals surface area contributed by atoms with Gasteiger partial charge in [-0.1, -0.05) is 17.7 Å². The molecule has 0 aliphatic carbocycles. The van der Waals surface area contributed by atoms with Gasteiger partial charge in [0.2, 0.25) is 5.95 Å². The first kappa shape index (κ1) is 16.1. The van der Waals surface area contributed by atoms with Crippen LogP contribution in [0.25, 0.3) is 11.3 Å². The molecule has 3 N–H and O–H groups in total. The molecular weight excluding hydrogens is 324 g/mol. The van der Waals surface area contributed by atoms with Crippen LogP contribution in [-0.4, -0.2) is 17.1 Å². The van der Waals surface area contributed by atoms with Gasteiger partial charge in [0, 0.05) is 22.3 Å². The molecule has 0 spiro atoms. The number of aromatic nitrogens is 2. The number of nitrogens with zero attached hydrogens (tertiary/aromatic N) is 2. The van der Waals surface area contributed by atoms with E-state index in [0.29, 0.717) is 10.8 Å². The number of hydrogen-bond donors (Lipinski definition) is 2. The molecule has 1 heterocycles. The van der Waals surface area contributed by atoms with Crippen LogP contribution in [0.1, 0.15) is 5.56 Å². The number of nitrogens with two attached hydrogens (primary N) is 1. The average molecular weight is 341 g/mol. The Bertz CT molecular complexity index is 865. The summed E-state index contributed by atoms with van der Waals surface area (Å²) in [5.41, 5.74) is 9.50. The quantitative estimate of drug-likeness (QED) is 0.734. The lowest BCUT2D eigenvalue weighted by molar-refractivity contribution is 0.415. The maximum absolute atomic E-state index is 5.91. The van der Waals surface area contributed by atoms with Gasteiger partial charge < -0.3 is 15.8 Å². The SMILES string of the molecule is COc1ccc(C)c(-c2cc(Nc3ccc(Cl)cc3)nc(N)n2)c1. The van der Waals surface area contributed by atoms with Gasteiger partial charge in [0.15, 0.2) is 0 Å². The highest BCUT2D eigenvalue weighted by atomic mass is 35.5. The Balaban J connectivity index is 1.98. The van der Waals surface area contributed by atoms with Crippen LogP contribution in [0.2, 0.25) is 5.02 Å².